The van der Waals surface area contributed by atoms with Gasteiger partial charge in [-0.3, -0.25) is 4.79 Å². The van der Waals surface area contributed by atoms with Crippen molar-refractivity contribution < 1.29 is 9.90 Å². The molecule has 1 fully saturated rings. The summed E-state index contributed by atoms with van der Waals surface area (Å²) in [5, 5.41) is 13.3. The Morgan fingerprint density at radius 3 is 2.95 bits per heavy atom. The molecular weight excluding hydrogens is 252 g/mol. The average molecular weight is 274 g/mol. The van der Waals surface area contributed by atoms with Gasteiger partial charge in [0.1, 0.15) is 0 Å². The molecule has 0 spiro atoms. The maximum atomic E-state index is 12.8. The fourth-order valence-corrected chi connectivity index (χ4v) is 3.19. The first-order chi connectivity index (χ1) is 9.66. The van der Waals surface area contributed by atoms with Crippen LogP contribution in [0.3, 0.4) is 0 Å². The van der Waals surface area contributed by atoms with Crippen molar-refractivity contribution in [1.29, 1.82) is 0 Å². The van der Waals surface area contributed by atoms with Crippen LogP contribution in [0, 0.1) is 5.92 Å². The SMILES string of the molecule is CC1CCN(C(=O)C2CCNc3ccccc32)CC1O. The van der Waals surface area contributed by atoms with Gasteiger partial charge in [0, 0.05) is 25.3 Å². The first kappa shape index (κ1) is 13.4. The maximum Gasteiger partial charge on any atom is 0.230 e. The number of carbonyl (C=O) groups is 1. The molecule has 1 aromatic carbocycles. The minimum atomic E-state index is -0.385. The summed E-state index contributed by atoms with van der Waals surface area (Å²) in [4.78, 5) is 14.6. The van der Waals surface area contributed by atoms with Gasteiger partial charge in [-0.15, -0.1) is 0 Å². The molecule has 3 unspecified atom stereocenters. The molecule has 2 heterocycles. The highest BCUT2D eigenvalue weighted by Crippen LogP contribution is 2.33. The van der Waals surface area contributed by atoms with E-state index in [4.69, 9.17) is 0 Å². The summed E-state index contributed by atoms with van der Waals surface area (Å²) in [7, 11) is 0. The fraction of sp³-hybridized carbons (Fsp3) is 0.562. The van der Waals surface area contributed by atoms with Crippen molar-refractivity contribution in [2.24, 2.45) is 5.92 Å². The lowest BCUT2D eigenvalue weighted by atomic mass is 9.88. The third-order valence-electron chi connectivity index (χ3n) is 4.61. The van der Waals surface area contributed by atoms with E-state index in [2.05, 4.69) is 5.32 Å². The molecule has 2 aliphatic heterocycles. The smallest absolute Gasteiger partial charge is 0.230 e. The van der Waals surface area contributed by atoms with Crippen LogP contribution in [0.2, 0.25) is 0 Å². The van der Waals surface area contributed by atoms with Crippen LogP contribution in [0.1, 0.15) is 31.2 Å². The molecule has 0 aromatic heterocycles. The topological polar surface area (TPSA) is 52.6 Å². The zero-order valence-electron chi connectivity index (χ0n) is 11.9. The average Bonchev–Trinajstić information content (AvgIpc) is 2.49. The summed E-state index contributed by atoms with van der Waals surface area (Å²) in [6, 6.07) is 8.04. The number of amides is 1. The number of nitrogens with one attached hydrogen (secondary N) is 1. The fourth-order valence-electron chi connectivity index (χ4n) is 3.19. The summed E-state index contributed by atoms with van der Waals surface area (Å²) in [6.45, 7) is 4.13. The van der Waals surface area contributed by atoms with E-state index in [9.17, 15) is 9.90 Å². The Morgan fingerprint density at radius 2 is 2.15 bits per heavy atom. The molecule has 0 radical (unpaired) electrons. The summed E-state index contributed by atoms with van der Waals surface area (Å²) in [6.07, 6.45) is 1.34. The van der Waals surface area contributed by atoms with Gasteiger partial charge in [0.25, 0.3) is 0 Å². The molecule has 4 heteroatoms. The number of benzene rings is 1. The highest BCUT2D eigenvalue weighted by atomic mass is 16.3. The van der Waals surface area contributed by atoms with E-state index >= 15 is 0 Å². The van der Waals surface area contributed by atoms with Gasteiger partial charge in [0.2, 0.25) is 5.91 Å². The molecule has 1 aromatic rings. The lowest BCUT2D eigenvalue weighted by Gasteiger charge is -2.37. The zero-order chi connectivity index (χ0) is 14.1. The normalized spacial score (nSPS) is 29.5. The van der Waals surface area contributed by atoms with Crippen LogP contribution < -0.4 is 5.32 Å². The van der Waals surface area contributed by atoms with Crippen LogP contribution in [0.25, 0.3) is 0 Å². The number of aliphatic hydroxyl groups excluding tert-OH is 1. The zero-order valence-corrected chi connectivity index (χ0v) is 11.9. The van der Waals surface area contributed by atoms with Crippen molar-refractivity contribution in [1.82, 2.24) is 4.90 Å². The van der Waals surface area contributed by atoms with Crippen LogP contribution in [0.5, 0.6) is 0 Å². The van der Waals surface area contributed by atoms with Crippen molar-refractivity contribution in [3.63, 3.8) is 0 Å². The summed E-state index contributed by atoms with van der Waals surface area (Å²) in [5.41, 5.74) is 2.17. The number of hydrogen-bond donors (Lipinski definition) is 2. The van der Waals surface area contributed by atoms with Gasteiger partial charge in [0.15, 0.2) is 0 Å². The number of anilines is 1. The molecule has 2 aliphatic rings. The molecule has 0 aliphatic carbocycles. The van der Waals surface area contributed by atoms with Gasteiger partial charge in [0.05, 0.1) is 12.0 Å². The quantitative estimate of drug-likeness (QED) is 0.821. The number of piperidine rings is 1. The molecule has 0 saturated carbocycles. The van der Waals surface area contributed by atoms with Gasteiger partial charge >= 0.3 is 0 Å². The van der Waals surface area contributed by atoms with E-state index in [0.717, 1.165) is 37.2 Å². The highest BCUT2D eigenvalue weighted by Gasteiger charge is 2.33. The Morgan fingerprint density at radius 1 is 1.35 bits per heavy atom. The van der Waals surface area contributed by atoms with E-state index in [1.165, 1.54) is 0 Å². The standard InChI is InChI=1S/C16H22N2O2/c1-11-7-9-18(10-15(11)19)16(20)13-6-8-17-14-5-3-2-4-12(13)14/h2-5,11,13,15,17,19H,6-10H2,1H3. The van der Waals surface area contributed by atoms with Crippen LogP contribution in [-0.2, 0) is 4.79 Å². The third kappa shape index (κ3) is 2.40. The molecule has 108 valence electrons. The number of hydrogen-bond acceptors (Lipinski definition) is 3. The number of carbonyl (C=O) groups excluding carboxylic acids is 1. The minimum Gasteiger partial charge on any atom is -0.391 e. The lowest BCUT2D eigenvalue weighted by Crippen LogP contribution is -2.48. The predicted molar refractivity (Wildman–Crippen MR) is 78.7 cm³/mol. The monoisotopic (exact) mass is 274 g/mol. The number of aliphatic hydroxyl groups is 1. The van der Waals surface area contributed by atoms with E-state index in [-0.39, 0.29) is 17.9 Å². The molecule has 20 heavy (non-hydrogen) atoms. The Hall–Kier alpha value is -1.55. The second kappa shape index (κ2) is 5.44. The van der Waals surface area contributed by atoms with Crippen LogP contribution in [0.15, 0.2) is 24.3 Å². The first-order valence-corrected chi connectivity index (χ1v) is 7.46. The van der Waals surface area contributed by atoms with E-state index in [1.54, 1.807) is 0 Å². The summed E-state index contributed by atoms with van der Waals surface area (Å²) < 4.78 is 0. The lowest BCUT2D eigenvalue weighted by molar-refractivity contribution is -0.137. The third-order valence-corrected chi connectivity index (χ3v) is 4.61. The molecule has 3 atom stereocenters. The Balaban J connectivity index is 1.78. The maximum absolute atomic E-state index is 12.8. The summed E-state index contributed by atoms with van der Waals surface area (Å²) >= 11 is 0. The minimum absolute atomic E-state index is 0.0620. The van der Waals surface area contributed by atoms with Crippen LogP contribution in [-0.4, -0.2) is 41.7 Å². The van der Waals surface area contributed by atoms with E-state index in [0.29, 0.717) is 12.5 Å². The highest BCUT2D eigenvalue weighted by molar-refractivity contribution is 5.86. The molecular formula is C16H22N2O2. The van der Waals surface area contributed by atoms with Crippen LogP contribution >= 0.6 is 0 Å². The number of nitrogens with zero attached hydrogens (tertiary/aromatic N) is 1. The largest absolute Gasteiger partial charge is 0.391 e. The van der Waals surface area contributed by atoms with Crippen LogP contribution in [0.4, 0.5) is 5.69 Å². The molecule has 1 amide bonds. The van der Waals surface area contributed by atoms with E-state index in [1.807, 2.05) is 36.1 Å². The first-order valence-electron chi connectivity index (χ1n) is 7.46. The number of rotatable bonds is 1. The molecule has 3 rings (SSSR count). The van der Waals surface area contributed by atoms with Crippen molar-refractivity contribution in [3.05, 3.63) is 29.8 Å². The Bertz CT molecular complexity index is 503. The van der Waals surface area contributed by atoms with Crippen molar-refractivity contribution >= 4 is 11.6 Å². The number of likely N-dealkylation sites (tertiary alicyclic amines) is 1. The van der Waals surface area contributed by atoms with Gasteiger partial charge in [-0.2, -0.15) is 0 Å². The predicted octanol–water partition coefficient (Wildman–Crippen LogP) is 1.82. The molecule has 4 nitrogen and oxygen atoms in total. The Labute approximate surface area is 119 Å². The number of fused-ring (bicyclic) bond motifs is 1. The molecule has 0 bridgehead atoms. The van der Waals surface area contributed by atoms with Gasteiger partial charge < -0.3 is 15.3 Å². The summed E-state index contributed by atoms with van der Waals surface area (Å²) in [5.74, 6) is 0.400. The van der Waals surface area contributed by atoms with Gasteiger partial charge in [-0.25, -0.2) is 0 Å². The Kier molecular flexibility index (Phi) is 3.66. The van der Waals surface area contributed by atoms with Crippen molar-refractivity contribution in [3.8, 4) is 0 Å². The second-order valence-corrected chi connectivity index (χ2v) is 5.97. The van der Waals surface area contributed by atoms with Gasteiger partial charge in [-0.05, 0) is 30.4 Å². The van der Waals surface area contributed by atoms with Gasteiger partial charge in [-0.1, -0.05) is 25.1 Å². The number of β-amino-alcohol motifs (C(OH)–C–C–N with tert-alkyl or cyclic N) is 1. The second-order valence-electron chi connectivity index (χ2n) is 5.97. The molecule has 1 saturated heterocycles. The molecule has 2 N–H and O–H groups in total. The number of para-hydroxylation sites is 1. The van der Waals surface area contributed by atoms with Crippen molar-refractivity contribution in [2.45, 2.75) is 31.8 Å². The van der Waals surface area contributed by atoms with Crippen molar-refractivity contribution in [2.75, 3.05) is 25.0 Å². The van der Waals surface area contributed by atoms with E-state index < -0.39 is 0 Å².